The van der Waals surface area contributed by atoms with Crippen molar-refractivity contribution < 1.29 is 9.53 Å². The van der Waals surface area contributed by atoms with E-state index >= 15 is 0 Å². The van der Waals surface area contributed by atoms with Gasteiger partial charge in [-0.2, -0.15) is 5.10 Å². The first-order valence-electron chi connectivity index (χ1n) is 9.09. The van der Waals surface area contributed by atoms with E-state index in [4.69, 9.17) is 4.74 Å². The van der Waals surface area contributed by atoms with Crippen LogP contribution in [0.25, 0.3) is 5.69 Å². The van der Waals surface area contributed by atoms with E-state index in [1.54, 1.807) is 36.3 Å². The number of methoxy groups -OCH3 is 1. The van der Waals surface area contributed by atoms with E-state index in [1.165, 1.54) is 0 Å². The lowest BCUT2D eigenvalue weighted by Crippen LogP contribution is -2.38. The van der Waals surface area contributed by atoms with E-state index in [9.17, 15) is 4.79 Å². The number of urea groups is 1. The lowest BCUT2D eigenvalue weighted by atomic mass is 10.2. The standard InChI is InChI=1S/C19H25N7O2/c1-5-25-13-20-23-18(25)12-24(3)19(27)22-14(2)15-10-21-26(11-15)16-6-8-17(28-4)9-7-16/h6-11,13-14H,5,12H2,1-4H3,(H,22,27)/t14-/m1/s1. The normalized spacial score (nSPS) is 11.9. The zero-order valence-corrected chi connectivity index (χ0v) is 16.5. The van der Waals surface area contributed by atoms with Crippen molar-refractivity contribution in [1.82, 2.24) is 34.8 Å². The molecule has 148 valence electrons. The number of amides is 2. The molecule has 1 atom stereocenters. The number of benzene rings is 1. The van der Waals surface area contributed by atoms with Gasteiger partial charge in [0.05, 0.1) is 31.6 Å². The predicted molar refractivity (Wildman–Crippen MR) is 104 cm³/mol. The monoisotopic (exact) mass is 383 g/mol. The molecule has 0 saturated carbocycles. The molecule has 1 N–H and O–H groups in total. The number of nitrogens with zero attached hydrogens (tertiary/aromatic N) is 6. The fourth-order valence-electron chi connectivity index (χ4n) is 2.76. The van der Waals surface area contributed by atoms with Crippen molar-refractivity contribution in [2.24, 2.45) is 0 Å². The van der Waals surface area contributed by atoms with Crippen LogP contribution >= 0.6 is 0 Å². The van der Waals surface area contributed by atoms with Gasteiger partial charge < -0.3 is 19.5 Å². The highest BCUT2D eigenvalue weighted by molar-refractivity contribution is 5.74. The fourth-order valence-corrected chi connectivity index (χ4v) is 2.76. The minimum atomic E-state index is -0.189. The quantitative estimate of drug-likeness (QED) is 0.677. The summed E-state index contributed by atoms with van der Waals surface area (Å²) in [5.41, 5.74) is 1.83. The van der Waals surface area contributed by atoms with Crippen molar-refractivity contribution in [3.8, 4) is 11.4 Å². The summed E-state index contributed by atoms with van der Waals surface area (Å²) in [6.07, 6.45) is 5.32. The molecule has 3 aromatic rings. The third kappa shape index (κ3) is 4.30. The predicted octanol–water partition coefficient (Wildman–Crippen LogP) is 2.39. The number of hydrogen-bond donors (Lipinski definition) is 1. The zero-order chi connectivity index (χ0) is 20.1. The summed E-state index contributed by atoms with van der Waals surface area (Å²) in [4.78, 5) is 14.1. The average Bonchev–Trinajstić information content (AvgIpc) is 3.37. The molecule has 2 amide bonds. The minimum absolute atomic E-state index is 0.185. The van der Waals surface area contributed by atoms with Crippen molar-refractivity contribution in [1.29, 1.82) is 0 Å². The minimum Gasteiger partial charge on any atom is -0.497 e. The van der Waals surface area contributed by atoms with Crippen LogP contribution < -0.4 is 10.1 Å². The highest BCUT2D eigenvalue weighted by atomic mass is 16.5. The van der Waals surface area contributed by atoms with Gasteiger partial charge in [-0.05, 0) is 38.1 Å². The van der Waals surface area contributed by atoms with E-state index in [1.807, 2.05) is 48.9 Å². The third-order valence-corrected chi connectivity index (χ3v) is 4.54. The first kappa shape index (κ1) is 19.4. The molecule has 2 aromatic heterocycles. The van der Waals surface area contributed by atoms with Crippen molar-refractivity contribution in [3.63, 3.8) is 0 Å². The van der Waals surface area contributed by atoms with Crippen molar-refractivity contribution in [3.05, 3.63) is 54.4 Å². The number of ether oxygens (including phenoxy) is 1. The molecule has 2 heterocycles. The third-order valence-electron chi connectivity index (χ3n) is 4.54. The van der Waals surface area contributed by atoms with Crippen molar-refractivity contribution >= 4 is 6.03 Å². The van der Waals surface area contributed by atoms with Crippen LogP contribution in [0.4, 0.5) is 4.79 Å². The Bertz CT molecular complexity index is 917. The molecule has 0 bridgehead atoms. The SMILES string of the molecule is CCn1cnnc1CN(C)C(=O)N[C@H](C)c1cnn(-c2ccc(OC)cc2)c1. The smallest absolute Gasteiger partial charge is 0.318 e. The molecule has 28 heavy (non-hydrogen) atoms. The summed E-state index contributed by atoms with van der Waals surface area (Å²) in [5, 5.41) is 15.3. The topological polar surface area (TPSA) is 90.1 Å². The maximum Gasteiger partial charge on any atom is 0.318 e. The Hall–Kier alpha value is -3.36. The van der Waals surface area contributed by atoms with Crippen LogP contribution in [0, 0.1) is 0 Å². The molecule has 9 heteroatoms. The van der Waals surface area contributed by atoms with Gasteiger partial charge in [-0.15, -0.1) is 10.2 Å². The molecule has 0 radical (unpaired) electrons. The molecule has 0 aliphatic heterocycles. The Morgan fingerprint density at radius 1 is 1.32 bits per heavy atom. The van der Waals surface area contributed by atoms with Crippen molar-refractivity contribution in [2.75, 3.05) is 14.2 Å². The molecular formula is C19H25N7O2. The summed E-state index contributed by atoms with van der Waals surface area (Å²) >= 11 is 0. The Balaban J connectivity index is 1.61. The lowest BCUT2D eigenvalue weighted by molar-refractivity contribution is 0.202. The Labute approximate surface area is 163 Å². The highest BCUT2D eigenvalue weighted by Crippen LogP contribution is 2.17. The number of nitrogens with one attached hydrogen (secondary N) is 1. The van der Waals surface area contributed by atoms with E-state index < -0.39 is 0 Å². The van der Waals surface area contributed by atoms with Gasteiger partial charge in [-0.3, -0.25) is 0 Å². The second-order valence-corrected chi connectivity index (χ2v) is 6.48. The summed E-state index contributed by atoms with van der Waals surface area (Å²) in [6.45, 7) is 5.08. The highest BCUT2D eigenvalue weighted by Gasteiger charge is 2.17. The number of aryl methyl sites for hydroxylation is 1. The van der Waals surface area contributed by atoms with E-state index in [0.29, 0.717) is 6.54 Å². The van der Waals surface area contributed by atoms with Gasteiger partial charge in [0.1, 0.15) is 12.1 Å². The average molecular weight is 383 g/mol. The first-order valence-corrected chi connectivity index (χ1v) is 9.09. The van der Waals surface area contributed by atoms with Crippen LogP contribution in [0.1, 0.15) is 31.3 Å². The maximum absolute atomic E-state index is 12.5. The van der Waals surface area contributed by atoms with Gasteiger partial charge >= 0.3 is 6.03 Å². The van der Waals surface area contributed by atoms with Crippen molar-refractivity contribution in [2.45, 2.75) is 33.0 Å². The van der Waals surface area contributed by atoms with E-state index in [2.05, 4.69) is 20.6 Å². The van der Waals surface area contributed by atoms with Crippen LogP contribution in [-0.4, -0.2) is 49.6 Å². The summed E-state index contributed by atoms with van der Waals surface area (Å²) in [7, 11) is 3.37. The number of rotatable bonds is 7. The Morgan fingerprint density at radius 3 is 2.75 bits per heavy atom. The Kier molecular flexibility index (Phi) is 5.93. The number of carbonyl (C=O) groups excluding carboxylic acids is 1. The number of hydrogen-bond acceptors (Lipinski definition) is 5. The summed E-state index contributed by atoms with van der Waals surface area (Å²) in [5.74, 6) is 1.54. The number of carbonyl (C=O) groups is 1. The second-order valence-electron chi connectivity index (χ2n) is 6.48. The first-order chi connectivity index (χ1) is 13.5. The van der Waals surface area contributed by atoms with Gasteiger partial charge in [0, 0.05) is 25.4 Å². The van der Waals surface area contributed by atoms with E-state index in [-0.39, 0.29) is 12.1 Å². The number of aromatic nitrogens is 5. The molecule has 0 aliphatic carbocycles. The van der Waals surface area contributed by atoms with Gasteiger partial charge in [0.15, 0.2) is 5.82 Å². The molecule has 1 aromatic carbocycles. The lowest BCUT2D eigenvalue weighted by Gasteiger charge is -2.20. The van der Waals surface area contributed by atoms with Crippen LogP contribution in [0.15, 0.2) is 43.0 Å². The summed E-state index contributed by atoms with van der Waals surface area (Å²) < 4.78 is 8.85. The van der Waals surface area contributed by atoms with Crippen LogP contribution in [0.2, 0.25) is 0 Å². The van der Waals surface area contributed by atoms with Gasteiger partial charge in [0.25, 0.3) is 0 Å². The molecule has 0 aliphatic rings. The molecule has 0 unspecified atom stereocenters. The van der Waals surface area contributed by atoms with Gasteiger partial charge in [0.2, 0.25) is 0 Å². The Morgan fingerprint density at radius 2 is 2.07 bits per heavy atom. The van der Waals surface area contributed by atoms with E-state index in [0.717, 1.165) is 29.4 Å². The largest absolute Gasteiger partial charge is 0.497 e. The van der Waals surface area contributed by atoms with Crippen LogP contribution in [0.3, 0.4) is 0 Å². The molecule has 0 saturated heterocycles. The van der Waals surface area contributed by atoms with Gasteiger partial charge in [-0.1, -0.05) is 0 Å². The van der Waals surface area contributed by atoms with Crippen LogP contribution in [0.5, 0.6) is 5.75 Å². The van der Waals surface area contributed by atoms with Gasteiger partial charge in [-0.25, -0.2) is 9.48 Å². The summed E-state index contributed by atoms with van der Waals surface area (Å²) in [6, 6.07) is 7.24. The molecular weight excluding hydrogens is 358 g/mol. The second kappa shape index (κ2) is 8.55. The molecule has 0 fully saturated rings. The fraction of sp³-hybridized carbons (Fsp3) is 0.368. The van der Waals surface area contributed by atoms with Crippen LogP contribution in [-0.2, 0) is 13.1 Å². The molecule has 3 rings (SSSR count). The zero-order valence-electron chi connectivity index (χ0n) is 16.5. The molecule has 0 spiro atoms. The maximum atomic E-state index is 12.5. The molecule has 9 nitrogen and oxygen atoms in total.